The van der Waals surface area contributed by atoms with E-state index < -0.39 is 0 Å². The van der Waals surface area contributed by atoms with E-state index in [4.69, 9.17) is 21.1 Å². The lowest BCUT2D eigenvalue weighted by Crippen LogP contribution is -2.07. The van der Waals surface area contributed by atoms with Crippen LogP contribution >= 0.6 is 11.6 Å². The third kappa shape index (κ3) is 15.0. The Morgan fingerprint density at radius 3 is 1.94 bits per heavy atom. The fourth-order valence-electron chi connectivity index (χ4n) is 3.43. The minimum atomic E-state index is -0.203. The van der Waals surface area contributed by atoms with E-state index in [1.807, 2.05) is 6.92 Å². The molecule has 1 rings (SSSR count). The van der Waals surface area contributed by atoms with Crippen molar-refractivity contribution in [1.82, 2.24) is 0 Å². The summed E-state index contributed by atoms with van der Waals surface area (Å²) in [5.74, 6) is 0.280. The predicted molar refractivity (Wildman–Crippen MR) is 128 cm³/mol. The number of halogens is 1. The van der Waals surface area contributed by atoms with E-state index in [2.05, 4.69) is 6.92 Å². The maximum absolute atomic E-state index is 11.9. The molecule has 31 heavy (non-hydrogen) atoms. The molecule has 1 aromatic carbocycles. The van der Waals surface area contributed by atoms with Gasteiger partial charge in [-0.05, 0) is 49.9 Å². The molecule has 0 unspecified atom stereocenters. The van der Waals surface area contributed by atoms with Gasteiger partial charge < -0.3 is 9.47 Å². The van der Waals surface area contributed by atoms with Crippen LogP contribution in [0, 0.1) is 6.92 Å². The summed E-state index contributed by atoms with van der Waals surface area (Å²) in [5.41, 5.74) is 0.897. The van der Waals surface area contributed by atoms with Gasteiger partial charge in [0.05, 0.1) is 6.61 Å². The maximum atomic E-state index is 11.9. The lowest BCUT2D eigenvalue weighted by atomic mass is 10.1. The molecule has 0 fully saturated rings. The van der Waals surface area contributed by atoms with Crippen LogP contribution in [0.1, 0.15) is 109 Å². The smallest absolute Gasteiger partial charge is 0.311 e. The van der Waals surface area contributed by atoms with Crippen LogP contribution in [0.25, 0.3) is 0 Å². The number of benzene rings is 1. The average Bonchev–Trinajstić information content (AvgIpc) is 2.74. The lowest BCUT2D eigenvalue weighted by Gasteiger charge is -2.06. The molecule has 0 N–H and O–H groups in total. The van der Waals surface area contributed by atoms with E-state index in [1.165, 1.54) is 32.1 Å². The first-order chi connectivity index (χ1) is 15.0. The first-order valence-corrected chi connectivity index (χ1v) is 12.5. The SMILES string of the molecule is CCCCCCCCCOC(=O)CCCCCCCCC(=O)Oc1ccc(Cl)c(C)c1. The number of carbonyl (C=O) groups is 2. The quantitative estimate of drug-likeness (QED) is 0.129. The van der Waals surface area contributed by atoms with Crippen LogP contribution in [-0.2, 0) is 14.3 Å². The standard InChI is InChI=1S/C26H41ClO4/c1-3-4-5-6-9-12-15-20-30-25(28)16-13-10-7-8-11-14-17-26(29)31-23-18-19-24(27)22(2)21-23/h18-19,21H,3-17,20H2,1-2H3. The molecule has 0 aliphatic carbocycles. The minimum Gasteiger partial charge on any atom is -0.466 e. The van der Waals surface area contributed by atoms with Gasteiger partial charge >= 0.3 is 11.9 Å². The molecule has 0 radical (unpaired) electrons. The van der Waals surface area contributed by atoms with E-state index in [0.717, 1.165) is 56.9 Å². The van der Waals surface area contributed by atoms with Crippen LogP contribution in [-0.4, -0.2) is 18.5 Å². The van der Waals surface area contributed by atoms with Crippen molar-refractivity contribution in [3.8, 4) is 5.75 Å². The summed E-state index contributed by atoms with van der Waals surface area (Å²) >= 11 is 5.97. The molecule has 176 valence electrons. The number of esters is 2. The molecule has 5 heteroatoms. The van der Waals surface area contributed by atoms with Crippen molar-refractivity contribution < 1.29 is 19.1 Å². The zero-order chi connectivity index (χ0) is 22.7. The van der Waals surface area contributed by atoms with Crippen LogP contribution in [0.3, 0.4) is 0 Å². The van der Waals surface area contributed by atoms with Gasteiger partial charge in [0, 0.05) is 17.9 Å². The second-order valence-electron chi connectivity index (χ2n) is 8.35. The van der Waals surface area contributed by atoms with Gasteiger partial charge in [-0.2, -0.15) is 0 Å². The van der Waals surface area contributed by atoms with E-state index in [9.17, 15) is 9.59 Å². The first-order valence-electron chi connectivity index (χ1n) is 12.2. The number of rotatable bonds is 18. The number of unbranched alkanes of at least 4 members (excludes halogenated alkanes) is 11. The van der Waals surface area contributed by atoms with Crippen molar-refractivity contribution in [1.29, 1.82) is 0 Å². The summed E-state index contributed by atoms with van der Waals surface area (Å²) in [7, 11) is 0. The molecule has 0 heterocycles. The summed E-state index contributed by atoms with van der Waals surface area (Å²) in [5, 5.41) is 0.668. The summed E-state index contributed by atoms with van der Waals surface area (Å²) in [6, 6.07) is 5.23. The summed E-state index contributed by atoms with van der Waals surface area (Å²) in [6.45, 7) is 4.68. The Hall–Kier alpha value is -1.55. The Kier molecular flexibility index (Phi) is 16.0. The van der Waals surface area contributed by atoms with Crippen molar-refractivity contribution in [3.63, 3.8) is 0 Å². The highest BCUT2D eigenvalue weighted by Gasteiger charge is 2.06. The minimum absolute atomic E-state index is 0.0637. The van der Waals surface area contributed by atoms with Crippen molar-refractivity contribution in [2.45, 2.75) is 110 Å². The van der Waals surface area contributed by atoms with E-state index in [0.29, 0.717) is 30.2 Å². The van der Waals surface area contributed by atoms with E-state index >= 15 is 0 Å². The van der Waals surface area contributed by atoms with E-state index in [1.54, 1.807) is 18.2 Å². The fraction of sp³-hybridized carbons (Fsp3) is 0.692. The van der Waals surface area contributed by atoms with E-state index in [-0.39, 0.29) is 11.9 Å². The molecule has 0 aromatic heterocycles. The number of hydrogen-bond acceptors (Lipinski definition) is 4. The number of aryl methyl sites for hydroxylation is 1. The third-order valence-corrected chi connectivity index (χ3v) is 5.81. The molecular weight excluding hydrogens is 412 g/mol. The molecule has 1 aromatic rings. The van der Waals surface area contributed by atoms with Crippen LogP contribution in [0.5, 0.6) is 5.75 Å². The Morgan fingerprint density at radius 2 is 1.32 bits per heavy atom. The molecule has 0 aliphatic rings. The molecule has 0 amide bonds. The first kappa shape index (κ1) is 27.5. The fourth-order valence-corrected chi connectivity index (χ4v) is 3.54. The molecule has 0 saturated heterocycles. The summed E-state index contributed by atoms with van der Waals surface area (Å²) in [4.78, 5) is 23.6. The molecular formula is C26H41ClO4. The lowest BCUT2D eigenvalue weighted by molar-refractivity contribution is -0.144. The van der Waals surface area contributed by atoms with Gasteiger partial charge in [0.15, 0.2) is 0 Å². The highest BCUT2D eigenvalue weighted by atomic mass is 35.5. The topological polar surface area (TPSA) is 52.6 Å². The zero-order valence-electron chi connectivity index (χ0n) is 19.6. The second kappa shape index (κ2) is 18.1. The Labute approximate surface area is 194 Å². The Morgan fingerprint density at radius 1 is 0.774 bits per heavy atom. The summed E-state index contributed by atoms with van der Waals surface area (Å²) in [6.07, 6.45) is 15.4. The van der Waals surface area contributed by atoms with Gasteiger partial charge in [-0.1, -0.05) is 82.7 Å². The molecule has 0 aliphatic heterocycles. The highest BCUT2D eigenvalue weighted by Crippen LogP contribution is 2.21. The molecule has 0 atom stereocenters. The van der Waals surface area contributed by atoms with Gasteiger partial charge in [0.25, 0.3) is 0 Å². The Balaban J connectivity index is 1.89. The highest BCUT2D eigenvalue weighted by molar-refractivity contribution is 6.31. The monoisotopic (exact) mass is 452 g/mol. The van der Waals surface area contributed by atoms with Gasteiger partial charge in [-0.15, -0.1) is 0 Å². The van der Waals surface area contributed by atoms with Crippen LogP contribution in [0.15, 0.2) is 18.2 Å². The molecule has 0 bridgehead atoms. The predicted octanol–water partition coefficient (Wildman–Crippen LogP) is 7.97. The van der Waals surface area contributed by atoms with Crippen molar-refractivity contribution >= 4 is 23.5 Å². The number of ether oxygens (including phenoxy) is 2. The van der Waals surface area contributed by atoms with Gasteiger partial charge in [-0.3, -0.25) is 9.59 Å². The van der Waals surface area contributed by atoms with Crippen LogP contribution in [0.2, 0.25) is 5.02 Å². The second-order valence-corrected chi connectivity index (χ2v) is 8.76. The van der Waals surface area contributed by atoms with Crippen molar-refractivity contribution in [2.75, 3.05) is 6.61 Å². The maximum Gasteiger partial charge on any atom is 0.311 e. The van der Waals surface area contributed by atoms with Gasteiger partial charge in [-0.25, -0.2) is 0 Å². The average molecular weight is 453 g/mol. The molecule has 0 spiro atoms. The number of hydrogen-bond donors (Lipinski definition) is 0. The van der Waals surface area contributed by atoms with Crippen LogP contribution < -0.4 is 4.74 Å². The van der Waals surface area contributed by atoms with Crippen molar-refractivity contribution in [3.05, 3.63) is 28.8 Å². The van der Waals surface area contributed by atoms with Crippen molar-refractivity contribution in [2.24, 2.45) is 0 Å². The van der Waals surface area contributed by atoms with Gasteiger partial charge in [0.2, 0.25) is 0 Å². The van der Waals surface area contributed by atoms with Crippen LogP contribution in [0.4, 0.5) is 0 Å². The summed E-state index contributed by atoms with van der Waals surface area (Å²) < 4.78 is 10.6. The largest absolute Gasteiger partial charge is 0.466 e. The Bertz CT molecular complexity index is 630. The third-order valence-electron chi connectivity index (χ3n) is 5.38. The zero-order valence-corrected chi connectivity index (χ0v) is 20.3. The van der Waals surface area contributed by atoms with Gasteiger partial charge in [0.1, 0.15) is 5.75 Å². The normalized spacial score (nSPS) is 10.8. The molecule has 4 nitrogen and oxygen atoms in total. The number of carbonyl (C=O) groups excluding carboxylic acids is 2. The molecule has 0 saturated carbocycles.